The molecule has 2 aromatic carbocycles. The molecule has 0 aliphatic carbocycles. The Labute approximate surface area is 168 Å². The van der Waals surface area contributed by atoms with E-state index in [-0.39, 0.29) is 28.4 Å². The maximum absolute atomic E-state index is 12.8. The van der Waals surface area contributed by atoms with Gasteiger partial charge in [-0.25, -0.2) is 4.79 Å². The Morgan fingerprint density at radius 1 is 1.10 bits per heavy atom. The Morgan fingerprint density at radius 2 is 1.70 bits per heavy atom. The van der Waals surface area contributed by atoms with Gasteiger partial charge in [0.05, 0.1) is 30.9 Å². The fourth-order valence-electron chi connectivity index (χ4n) is 2.61. The summed E-state index contributed by atoms with van der Waals surface area (Å²) < 4.78 is 52.9. The standard InChI is InChI=1S/C12H9F3O4.C8H8O3/c1-18-8-3-2-4-9-6(8)5-7(11(16)17)10(19-9)12(13,14)15;1-11-8-4-2-3-7(10)6(8)5-9/h2-5,10H,1H3,(H,16,17);2-5,10H,1H3. The van der Waals surface area contributed by atoms with E-state index in [0.717, 1.165) is 6.08 Å². The van der Waals surface area contributed by atoms with E-state index >= 15 is 0 Å². The molecule has 2 aromatic rings. The molecule has 30 heavy (non-hydrogen) atoms. The molecule has 1 atom stereocenters. The molecule has 160 valence electrons. The average molecular weight is 426 g/mol. The number of carbonyl (C=O) groups is 2. The Balaban J connectivity index is 0.000000248. The number of hydrogen-bond acceptors (Lipinski definition) is 6. The van der Waals surface area contributed by atoms with Crippen LogP contribution in [-0.2, 0) is 4.79 Å². The second kappa shape index (κ2) is 9.21. The maximum atomic E-state index is 12.8. The first kappa shape index (κ1) is 22.6. The number of alkyl halides is 3. The zero-order valence-electron chi connectivity index (χ0n) is 15.8. The number of methoxy groups -OCH3 is 2. The molecule has 1 aliphatic heterocycles. The molecule has 10 heteroatoms. The van der Waals surface area contributed by atoms with Crippen LogP contribution in [0.1, 0.15) is 15.9 Å². The normalized spacial score (nSPS) is 14.8. The summed E-state index contributed by atoms with van der Waals surface area (Å²) in [7, 11) is 2.78. The summed E-state index contributed by atoms with van der Waals surface area (Å²) in [6, 6.07) is 8.96. The predicted octanol–water partition coefficient (Wildman–Crippen LogP) is 3.70. The summed E-state index contributed by atoms with van der Waals surface area (Å²) in [4.78, 5) is 21.3. The van der Waals surface area contributed by atoms with Crippen LogP contribution in [0.5, 0.6) is 23.0 Å². The third kappa shape index (κ3) is 4.83. The van der Waals surface area contributed by atoms with Crippen molar-refractivity contribution in [3.8, 4) is 23.0 Å². The van der Waals surface area contributed by atoms with Crippen molar-refractivity contribution in [2.24, 2.45) is 0 Å². The summed E-state index contributed by atoms with van der Waals surface area (Å²) in [6.45, 7) is 0. The lowest BCUT2D eigenvalue weighted by atomic mass is 10.0. The number of carbonyl (C=O) groups excluding carboxylic acids is 1. The van der Waals surface area contributed by atoms with E-state index < -0.39 is 23.8 Å². The first-order valence-corrected chi connectivity index (χ1v) is 8.30. The van der Waals surface area contributed by atoms with Crippen LogP contribution in [0.2, 0.25) is 0 Å². The SMILES string of the molecule is COc1cccc(O)c1C=O.COc1cccc2c1C=C(C(=O)O)C(C(F)(F)F)O2. The van der Waals surface area contributed by atoms with Gasteiger partial charge in [-0.05, 0) is 30.3 Å². The number of halogens is 3. The van der Waals surface area contributed by atoms with Crippen LogP contribution in [0.4, 0.5) is 13.2 Å². The molecule has 7 nitrogen and oxygen atoms in total. The highest BCUT2D eigenvalue weighted by Gasteiger charge is 2.48. The molecule has 0 aromatic heterocycles. The van der Waals surface area contributed by atoms with Crippen molar-refractivity contribution in [3.63, 3.8) is 0 Å². The van der Waals surface area contributed by atoms with Gasteiger partial charge in [-0.2, -0.15) is 13.2 Å². The molecular formula is C20H17F3O7. The quantitative estimate of drug-likeness (QED) is 0.719. The van der Waals surface area contributed by atoms with Gasteiger partial charge < -0.3 is 24.4 Å². The fraction of sp³-hybridized carbons (Fsp3) is 0.200. The van der Waals surface area contributed by atoms with Crippen LogP contribution in [0.25, 0.3) is 6.08 Å². The van der Waals surface area contributed by atoms with Crippen LogP contribution >= 0.6 is 0 Å². The van der Waals surface area contributed by atoms with E-state index in [1.54, 1.807) is 12.1 Å². The van der Waals surface area contributed by atoms with Crippen molar-refractivity contribution in [1.82, 2.24) is 0 Å². The highest BCUT2D eigenvalue weighted by atomic mass is 19.4. The van der Waals surface area contributed by atoms with E-state index in [4.69, 9.17) is 24.4 Å². The molecule has 0 bridgehead atoms. The van der Waals surface area contributed by atoms with Gasteiger partial charge in [0.1, 0.15) is 23.0 Å². The minimum Gasteiger partial charge on any atom is -0.507 e. The highest BCUT2D eigenvalue weighted by molar-refractivity contribution is 5.95. The number of carboxylic acid groups (broad SMARTS) is 1. The monoisotopic (exact) mass is 426 g/mol. The molecule has 3 rings (SSSR count). The van der Waals surface area contributed by atoms with Gasteiger partial charge in [0, 0.05) is 0 Å². The second-order valence-corrected chi connectivity index (χ2v) is 5.83. The number of aromatic hydroxyl groups is 1. The van der Waals surface area contributed by atoms with Crippen molar-refractivity contribution in [3.05, 3.63) is 53.1 Å². The molecule has 1 aliphatic rings. The number of aliphatic carboxylic acids is 1. The summed E-state index contributed by atoms with van der Waals surface area (Å²) >= 11 is 0. The van der Waals surface area contributed by atoms with Gasteiger partial charge in [-0.3, -0.25) is 4.79 Å². The molecule has 0 spiro atoms. The van der Waals surface area contributed by atoms with Crippen LogP contribution in [-0.4, -0.2) is 49.0 Å². The zero-order chi connectivity index (χ0) is 22.5. The molecule has 0 fully saturated rings. The summed E-state index contributed by atoms with van der Waals surface area (Å²) in [5, 5.41) is 18.0. The minimum atomic E-state index is -4.80. The van der Waals surface area contributed by atoms with Gasteiger partial charge in [0.15, 0.2) is 6.29 Å². The molecule has 1 heterocycles. The number of phenols is 1. The van der Waals surface area contributed by atoms with Gasteiger partial charge in [0.2, 0.25) is 6.10 Å². The van der Waals surface area contributed by atoms with Gasteiger partial charge in [0.25, 0.3) is 0 Å². The van der Waals surface area contributed by atoms with E-state index in [2.05, 4.69) is 0 Å². The third-order valence-corrected chi connectivity index (χ3v) is 4.00. The van der Waals surface area contributed by atoms with Crippen LogP contribution in [0.3, 0.4) is 0 Å². The molecule has 2 N–H and O–H groups in total. The molecular weight excluding hydrogens is 409 g/mol. The van der Waals surface area contributed by atoms with Crippen LogP contribution in [0.15, 0.2) is 42.0 Å². The van der Waals surface area contributed by atoms with Crippen LogP contribution < -0.4 is 14.2 Å². The van der Waals surface area contributed by atoms with E-state index in [0.29, 0.717) is 12.0 Å². The van der Waals surface area contributed by atoms with Crippen molar-refractivity contribution in [1.29, 1.82) is 0 Å². The summed E-state index contributed by atoms with van der Waals surface area (Å²) in [6.07, 6.45) is -5.79. The lowest BCUT2D eigenvalue weighted by Gasteiger charge is -2.27. The Bertz CT molecular complexity index is 967. The van der Waals surface area contributed by atoms with E-state index in [9.17, 15) is 22.8 Å². The second-order valence-electron chi connectivity index (χ2n) is 5.83. The molecule has 1 unspecified atom stereocenters. The number of rotatable bonds is 4. The molecule has 0 amide bonds. The Hall–Kier alpha value is -3.69. The Kier molecular flexibility index (Phi) is 6.93. The van der Waals surface area contributed by atoms with Crippen molar-refractivity contribution >= 4 is 18.3 Å². The number of hydrogen-bond donors (Lipinski definition) is 2. The Morgan fingerprint density at radius 3 is 2.20 bits per heavy atom. The van der Waals surface area contributed by atoms with Crippen molar-refractivity contribution in [2.45, 2.75) is 12.3 Å². The number of aldehydes is 1. The lowest BCUT2D eigenvalue weighted by Crippen LogP contribution is -2.40. The molecule has 0 saturated carbocycles. The van der Waals surface area contributed by atoms with Gasteiger partial charge in [-0.1, -0.05) is 12.1 Å². The largest absolute Gasteiger partial charge is 0.507 e. The smallest absolute Gasteiger partial charge is 0.430 e. The average Bonchev–Trinajstić information content (AvgIpc) is 2.71. The van der Waals surface area contributed by atoms with Gasteiger partial charge >= 0.3 is 12.1 Å². The zero-order valence-corrected chi connectivity index (χ0v) is 15.8. The third-order valence-electron chi connectivity index (χ3n) is 4.00. The summed E-state index contributed by atoms with van der Waals surface area (Å²) in [5.41, 5.74) is -0.498. The van der Waals surface area contributed by atoms with Crippen molar-refractivity contribution in [2.75, 3.05) is 14.2 Å². The highest BCUT2D eigenvalue weighted by Crippen LogP contribution is 2.40. The van der Waals surface area contributed by atoms with Crippen LogP contribution in [0, 0.1) is 0 Å². The number of phenolic OH excluding ortho intramolecular Hbond substituents is 1. The number of benzene rings is 2. The topological polar surface area (TPSA) is 102 Å². The predicted molar refractivity (Wildman–Crippen MR) is 99.1 cm³/mol. The maximum Gasteiger partial charge on any atom is 0.430 e. The summed E-state index contributed by atoms with van der Waals surface area (Å²) in [5.74, 6) is -1.17. The van der Waals surface area contributed by atoms with Crippen molar-refractivity contribution < 1.29 is 47.2 Å². The molecule has 0 radical (unpaired) electrons. The number of fused-ring (bicyclic) bond motifs is 1. The number of ether oxygens (including phenoxy) is 3. The molecule has 0 saturated heterocycles. The fourth-order valence-corrected chi connectivity index (χ4v) is 2.61. The van der Waals surface area contributed by atoms with E-state index in [1.807, 2.05) is 0 Å². The number of carboxylic acids is 1. The minimum absolute atomic E-state index is 0.0562. The van der Waals surface area contributed by atoms with Gasteiger partial charge in [-0.15, -0.1) is 0 Å². The lowest BCUT2D eigenvalue weighted by molar-refractivity contribution is -0.187. The first-order chi connectivity index (χ1) is 14.1. The first-order valence-electron chi connectivity index (χ1n) is 8.30. The van der Waals surface area contributed by atoms with E-state index in [1.165, 1.54) is 38.5 Å².